The average molecular weight is 247 g/mol. The smallest absolute Gasteiger partial charge is 0.0863 e. The van der Waals surface area contributed by atoms with E-state index < -0.39 is 8.07 Å². The van der Waals surface area contributed by atoms with E-state index in [9.17, 15) is 0 Å². The number of hydrogen-bond donors (Lipinski definition) is 0. The Morgan fingerprint density at radius 2 is 1.94 bits per heavy atom. The van der Waals surface area contributed by atoms with Crippen LogP contribution in [-0.4, -0.2) is 20.3 Å². The summed E-state index contributed by atoms with van der Waals surface area (Å²) in [6.07, 6.45) is 2.85. The summed E-state index contributed by atoms with van der Waals surface area (Å²) in [5, 5.41) is 1.54. The fourth-order valence-electron chi connectivity index (χ4n) is 3.05. The van der Waals surface area contributed by atoms with E-state index in [2.05, 4.69) is 57.3 Å². The van der Waals surface area contributed by atoms with Gasteiger partial charge in [0.05, 0.1) is 20.3 Å². The molecule has 17 heavy (non-hydrogen) atoms. The Morgan fingerprint density at radius 1 is 1.29 bits per heavy atom. The summed E-state index contributed by atoms with van der Waals surface area (Å²) in [7, 11) is -1.44. The first-order valence-corrected chi connectivity index (χ1v) is 9.67. The second kappa shape index (κ2) is 4.95. The van der Waals surface area contributed by atoms with Crippen LogP contribution in [0.25, 0.3) is 0 Å². The van der Waals surface area contributed by atoms with Crippen LogP contribution in [0.3, 0.4) is 0 Å². The Labute approximate surface area is 106 Å². The lowest BCUT2D eigenvalue weighted by molar-refractivity contribution is 0.0671. The van der Waals surface area contributed by atoms with Crippen molar-refractivity contribution in [1.82, 2.24) is 0 Å². The van der Waals surface area contributed by atoms with E-state index in [1.165, 1.54) is 0 Å². The van der Waals surface area contributed by atoms with Gasteiger partial charge in [0.15, 0.2) is 0 Å². The highest BCUT2D eigenvalue weighted by Crippen LogP contribution is 2.40. The molecular formula is C15H23OSi. The normalized spacial score (nSPS) is 29.5. The lowest BCUT2D eigenvalue weighted by atomic mass is 10.1. The summed E-state index contributed by atoms with van der Waals surface area (Å²) in [5.74, 6) is 0. The van der Waals surface area contributed by atoms with E-state index in [0.29, 0.717) is 11.6 Å². The zero-order valence-electron chi connectivity index (χ0n) is 11.1. The molecule has 1 radical (unpaired) electrons. The molecule has 1 fully saturated rings. The summed E-state index contributed by atoms with van der Waals surface area (Å²) in [4.78, 5) is 0. The average Bonchev–Trinajstić information content (AvgIpc) is 2.72. The molecule has 1 nitrogen and oxygen atoms in total. The van der Waals surface area contributed by atoms with Crippen LogP contribution in [0.2, 0.25) is 18.6 Å². The lowest BCUT2D eigenvalue weighted by Crippen LogP contribution is -2.48. The van der Waals surface area contributed by atoms with Gasteiger partial charge in [0, 0.05) is 0 Å². The molecule has 0 aromatic heterocycles. The molecule has 1 heterocycles. The highest BCUT2D eigenvalue weighted by molar-refractivity contribution is 6.91. The van der Waals surface area contributed by atoms with Crippen LogP contribution >= 0.6 is 0 Å². The summed E-state index contributed by atoms with van der Waals surface area (Å²) in [6, 6.07) is 11.0. The van der Waals surface area contributed by atoms with Crippen LogP contribution < -0.4 is 5.19 Å². The van der Waals surface area contributed by atoms with Crippen molar-refractivity contribution in [1.29, 1.82) is 0 Å². The van der Waals surface area contributed by atoms with Crippen molar-refractivity contribution in [3.05, 3.63) is 37.3 Å². The zero-order chi connectivity index (χ0) is 12.5. The first-order valence-electron chi connectivity index (χ1n) is 6.59. The molecule has 3 atom stereocenters. The second-order valence-corrected chi connectivity index (χ2v) is 10.4. The van der Waals surface area contributed by atoms with Crippen molar-refractivity contribution in [2.75, 3.05) is 0 Å². The van der Waals surface area contributed by atoms with Gasteiger partial charge < -0.3 is 4.74 Å². The van der Waals surface area contributed by atoms with Gasteiger partial charge in [-0.05, 0) is 25.3 Å². The SMILES string of the molecule is [CH2][C@@H]1C[C@H]([Si](C)(C)c2ccccc2)[C@H](CC)O1. The molecule has 0 saturated carbocycles. The predicted molar refractivity (Wildman–Crippen MR) is 76.2 cm³/mol. The van der Waals surface area contributed by atoms with E-state index in [-0.39, 0.29) is 6.10 Å². The van der Waals surface area contributed by atoms with Crippen LogP contribution in [0, 0.1) is 6.92 Å². The molecule has 0 spiro atoms. The fourth-order valence-corrected chi connectivity index (χ4v) is 6.63. The number of rotatable bonds is 3. The van der Waals surface area contributed by atoms with E-state index in [1.54, 1.807) is 5.19 Å². The van der Waals surface area contributed by atoms with Gasteiger partial charge in [0.25, 0.3) is 0 Å². The molecule has 2 rings (SSSR count). The van der Waals surface area contributed by atoms with Crippen molar-refractivity contribution in [2.24, 2.45) is 0 Å². The first-order chi connectivity index (χ1) is 8.05. The molecule has 1 aliphatic heterocycles. The summed E-state index contributed by atoms with van der Waals surface area (Å²) < 4.78 is 5.95. The van der Waals surface area contributed by atoms with Crippen LogP contribution in [0.5, 0.6) is 0 Å². The highest BCUT2D eigenvalue weighted by atomic mass is 28.3. The van der Waals surface area contributed by atoms with Crippen LogP contribution in [0.1, 0.15) is 19.8 Å². The molecule has 2 heteroatoms. The largest absolute Gasteiger partial charge is 0.375 e. The molecule has 0 aliphatic carbocycles. The van der Waals surface area contributed by atoms with Crippen molar-refractivity contribution in [3.63, 3.8) is 0 Å². The van der Waals surface area contributed by atoms with Crippen molar-refractivity contribution in [3.8, 4) is 0 Å². The number of benzene rings is 1. The van der Waals surface area contributed by atoms with Crippen molar-refractivity contribution >= 4 is 13.3 Å². The van der Waals surface area contributed by atoms with Gasteiger partial charge in [0.2, 0.25) is 0 Å². The summed E-state index contributed by atoms with van der Waals surface area (Å²) in [6.45, 7) is 11.3. The molecule has 1 saturated heterocycles. The minimum absolute atomic E-state index is 0.195. The van der Waals surface area contributed by atoms with Gasteiger partial charge in [-0.25, -0.2) is 0 Å². The third-order valence-electron chi connectivity index (χ3n) is 4.18. The van der Waals surface area contributed by atoms with E-state index in [0.717, 1.165) is 12.8 Å². The zero-order valence-corrected chi connectivity index (χ0v) is 12.1. The third-order valence-corrected chi connectivity index (χ3v) is 8.46. The van der Waals surface area contributed by atoms with Crippen molar-refractivity contribution < 1.29 is 4.74 Å². The maximum Gasteiger partial charge on any atom is 0.0863 e. The minimum atomic E-state index is -1.44. The Morgan fingerprint density at radius 3 is 2.53 bits per heavy atom. The maximum absolute atomic E-state index is 5.95. The standard InChI is InChI=1S/C15H23OSi/c1-5-14-15(11-12(2)16-14)17(3,4)13-9-7-6-8-10-13/h6-10,12,14-15H,2,5,11H2,1,3-4H3/t12-,14+,15+/m1/s1. The van der Waals surface area contributed by atoms with Crippen LogP contribution in [-0.2, 0) is 4.74 Å². The maximum atomic E-state index is 5.95. The van der Waals surface area contributed by atoms with E-state index >= 15 is 0 Å². The molecule has 0 amide bonds. The number of ether oxygens (including phenoxy) is 1. The van der Waals surface area contributed by atoms with Gasteiger partial charge in [-0.1, -0.05) is 55.5 Å². The molecule has 1 aliphatic rings. The van der Waals surface area contributed by atoms with E-state index in [4.69, 9.17) is 4.74 Å². The van der Waals surface area contributed by atoms with Gasteiger partial charge in [-0.15, -0.1) is 0 Å². The predicted octanol–water partition coefficient (Wildman–Crippen LogP) is 3.37. The van der Waals surface area contributed by atoms with Gasteiger partial charge in [-0.2, -0.15) is 0 Å². The Balaban J connectivity index is 2.26. The second-order valence-electron chi connectivity index (χ2n) is 5.63. The molecule has 0 bridgehead atoms. The van der Waals surface area contributed by atoms with E-state index in [1.807, 2.05) is 0 Å². The quantitative estimate of drug-likeness (QED) is 0.744. The highest BCUT2D eigenvalue weighted by Gasteiger charge is 2.43. The third kappa shape index (κ3) is 2.48. The topological polar surface area (TPSA) is 9.23 Å². The van der Waals surface area contributed by atoms with Gasteiger partial charge >= 0.3 is 0 Å². The molecule has 1 aromatic carbocycles. The molecule has 1 aromatic rings. The van der Waals surface area contributed by atoms with Gasteiger partial charge in [-0.3, -0.25) is 0 Å². The van der Waals surface area contributed by atoms with Crippen LogP contribution in [0.4, 0.5) is 0 Å². The van der Waals surface area contributed by atoms with Crippen molar-refractivity contribution in [2.45, 2.75) is 50.6 Å². The first kappa shape index (κ1) is 12.8. The Hall–Kier alpha value is -0.603. The molecule has 93 valence electrons. The number of hydrogen-bond acceptors (Lipinski definition) is 1. The molecule has 0 N–H and O–H groups in total. The Kier molecular flexibility index (Phi) is 3.74. The van der Waals surface area contributed by atoms with Crippen LogP contribution in [0.15, 0.2) is 30.3 Å². The fraction of sp³-hybridized carbons (Fsp3) is 0.533. The Bertz CT molecular complexity index is 360. The summed E-state index contributed by atoms with van der Waals surface area (Å²) in [5.41, 5.74) is 0.706. The molecule has 0 unspecified atom stereocenters. The minimum Gasteiger partial charge on any atom is -0.375 e. The monoisotopic (exact) mass is 247 g/mol. The summed E-state index contributed by atoms with van der Waals surface area (Å²) >= 11 is 0. The lowest BCUT2D eigenvalue weighted by Gasteiger charge is -2.33. The molecular weight excluding hydrogens is 224 g/mol. The van der Waals surface area contributed by atoms with Gasteiger partial charge in [0.1, 0.15) is 0 Å².